The number of carbonyl (C=O) groups is 1. The van der Waals surface area contributed by atoms with Crippen molar-refractivity contribution < 1.29 is 13.8 Å². The number of hydrogen-bond donors (Lipinski definition) is 0. The van der Waals surface area contributed by atoms with E-state index in [1.54, 1.807) is 22.3 Å². The van der Waals surface area contributed by atoms with Crippen molar-refractivity contribution in [2.24, 2.45) is 0 Å². The molecule has 0 bridgehead atoms. The van der Waals surface area contributed by atoms with Crippen LogP contribution in [0.25, 0.3) is 10.6 Å². The topological polar surface area (TPSA) is 72.4 Å². The van der Waals surface area contributed by atoms with Gasteiger partial charge < -0.3 is 13.9 Å². The van der Waals surface area contributed by atoms with Gasteiger partial charge in [0.05, 0.1) is 16.6 Å². The van der Waals surface area contributed by atoms with Crippen LogP contribution < -0.4 is 0 Å². The zero-order chi connectivity index (χ0) is 16.5. The number of nitrogens with zero attached hydrogens (tertiary/aromatic N) is 3. The van der Waals surface area contributed by atoms with Gasteiger partial charge in [0.15, 0.2) is 17.2 Å². The molecule has 1 aliphatic heterocycles. The maximum absolute atomic E-state index is 12.8. The van der Waals surface area contributed by atoms with Crippen LogP contribution in [0.5, 0.6) is 0 Å². The number of amides is 1. The first-order chi connectivity index (χ1) is 11.8. The molecule has 24 heavy (non-hydrogen) atoms. The number of aryl methyl sites for hydroxylation is 1. The van der Waals surface area contributed by atoms with E-state index in [0.717, 1.165) is 35.6 Å². The normalized spacial score (nSPS) is 17.5. The number of hydrogen-bond acceptors (Lipinski definition) is 6. The highest BCUT2D eigenvalue weighted by atomic mass is 32.1. The van der Waals surface area contributed by atoms with Crippen LogP contribution in [0.15, 0.2) is 38.7 Å². The molecule has 6 nitrogen and oxygen atoms in total. The van der Waals surface area contributed by atoms with E-state index in [1.165, 1.54) is 0 Å². The SMILES string of the molecule is CCc1cc([C@H]2CCCN2C(=O)c2cc(-c3cccs3)on2)on1. The lowest BCUT2D eigenvalue weighted by atomic mass is 10.1. The Balaban J connectivity index is 1.57. The number of likely N-dealkylation sites (tertiary alicyclic amines) is 1. The Morgan fingerprint density at radius 3 is 3.04 bits per heavy atom. The van der Waals surface area contributed by atoms with Gasteiger partial charge in [0, 0.05) is 18.7 Å². The molecule has 0 saturated carbocycles. The smallest absolute Gasteiger partial charge is 0.276 e. The number of aromatic nitrogens is 2. The molecule has 124 valence electrons. The average Bonchev–Trinajstić information content (AvgIpc) is 3.41. The summed E-state index contributed by atoms with van der Waals surface area (Å²) in [5, 5.41) is 9.96. The Bertz CT molecular complexity index is 837. The van der Waals surface area contributed by atoms with E-state index in [4.69, 9.17) is 9.05 Å². The van der Waals surface area contributed by atoms with Gasteiger partial charge in [-0.1, -0.05) is 23.3 Å². The second kappa shape index (κ2) is 6.24. The highest BCUT2D eigenvalue weighted by Gasteiger charge is 2.34. The summed E-state index contributed by atoms with van der Waals surface area (Å²) in [4.78, 5) is 15.6. The molecule has 1 amide bonds. The molecule has 3 aromatic heterocycles. The van der Waals surface area contributed by atoms with Gasteiger partial charge in [-0.3, -0.25) is 4.79 Å². The third-order valence-electron chi connectivity index (χ3n) is 4.27. The maximum atomic E-state index is 12.8. The Hall–Kier alpha value is -2.41. The summed E-state index contributed by atoms with van der Waals surface area (Å²) < 4.78 is 10.8. The lowest BCUT2D eigenvalue weighted by Gasteiger charge is -2.21. The third-order valence-corrected chi connectivity index (χ3v) is 5.16. The molecule has 4 rings (SSSR count). The van der Waals surface area contributed by atoms with Crippen molar-refractivity contribution in [1.82, 2.24) is 15.2 Å². The minimum Gasteiger partial charge on any atom is -0.359 e. The van der Waals surface area contributed by atoms with E-state index < -0.39 is 0 Å². The van der Waals surface area contributed by atoms with Crippen LogP contribution in [0.1, 0.15) is 47.7 Å². The average molecular weight is 343 g/mol. The highest BCUT2D eigenvalue weighted by molar-refractivity contribution is 7.13. The Labute approximate surface area is 143 Å². The van der Waals surface area contributed by atoms with E-state index in [0.29, 0.717) is 18.0 Å². The van der Waals surface area contributed by atoms with Gasteiger partial charge in [0.2, 0.25) is 0 Å². The summed E-state index contributed by atoms with van der Waals surface area (Å²) in [6.45, 7) is 2.72. The minimum absolute atomic E-state index is 0.0767. The molecule has 1 aliphatic rings. The molecule has 0 radical (unpaired) electrons. The molecule has 0 N–H and O–H groups in total. The third kappa shape index (κ3) is 2.65. The molecule has 1 atom stereocenters. The fourth-order valence-electron chi connectivity index (χ4n) is 3.02. The van der Waals surface area contributed by atoms with Crippen LogP contribution in [0.4, 0.5) is 0 Å². The van der Waals surface area contributed by atoms with Crippen LogP contribution in [0, 0.1) is 0 Å². The van der Waals surface area contributed by atoms with E-state index in [2.05, 4.69) is 10.3 Å². The Kier molecular flexibility index (Phi) is 3.93. The predicted molar refractivity (Wildman–Crippen MR) is 88.7 cm³/mol. The molecule has 0 unspecified atom stereocenters. The molecule has 3 aromatic rings. The number of carbonyl (C=O) groups excluding carboxylic acids is 1. The van der Waals surface area contributed by atoms with Gasteiger partial charge in [0.25, 0.3) is 5.91 Å². The first-order valence-electron chi connectivity index (χ1n) is 8.03. The maximum Gasteiger partial charge on any atom is 0.276 e. The zero-order valence-electron chi connectivity index (χ0n) is 13.3. The van der Waals surface area contributed by atoms with Crippen molar-refractivity contribution in [3.63, 3.8) is 0 Å². The summed E-state index contributed by atoms with van der Waals surface area (Å²) in [6, 6.07) is 7.46. The van der Waals surface area contributed by atoms with Gasteiger partial charge >= 0.3 is 0 Å². The summed E-state index contributed by atoms with van der Waals surface area (Å²) in [7, 11) is 0. The quantitative estimate of drug-likeness (QED) is 0.717. The van der Waals surface area contributed by atoms with Crippen molar-refractivity contribution >= 4 is 17.2 Å². The van der Waals surface area contributed by atoms with Crippen LogP contribution in [-0.4, -0.2) is 27.7 Å². The standard InChI is InChI=1S/C17H17N3O3S/c1-2-11-9-14(22-18-11)13-5-3-7-20(13)17(21)12-10-15(23-19-12)16-6-4-8-24-16/h4,6,8-10,13H,2-3,5,7H2,1H3/t13-/m1/s1. The second-order valence-corrected chi connectivity index (χ2v) is 6.73. The first-order valence-corrected chi connectivity index (χ1v) is 8.91. The molecule has 0 aromatic carbocycles. The van der Waals surface area contributed by atoms with E-state index in [-0.39, 0.29) is 11.9 Å². The molecule has 1 fully saturated rings. The van der Waals surface area contributed by atoms with Crippen molar-refractivity contribution in [2.75, 3.05) is 6.54 Å². The molecule has 0 spiro atoms. The van der Waals surface area contributed by atoms with Crippen molar-refractivity contribution in [2.45, 2.75) is 32.2 Å². The van der Waals surface area contributed by atoms with Gasteiger partial charge in [-0.2, -0.15) is 0 Å². The minimum atomic E-state index is -0.126. The predicted octanol–water partition coefficient (Wildman–Crippen LogP) is 3.93. The van der Waals surface area contributed by atoms with E-state index in [9.17, 15) is 4.79 Å². The van der Waals surface area contributed by atoms with Gasteiger partial charge in [-0.05, 0) is 30.7 Å². The molecule has 7 heteroatoms. The fourth-order valence-corrected chi connectivity index (χ4v) is 3.69. The molecular weight excluding hydrogens is 326 g/mol. The second-order valence-electron chi connectivity index (χ2n) is 5.78. The molecular formula is C17H17N3O3S. The van der Waals surface area contributed by atoms with Gasteiger partial charge in [-0.15, -0.1) is 11.3 Å². The van der Waals surface area contributed by atoms with Crippen molar-refractivity contribution in [1.29, 1.82) is 0 Å². The Morgan fingerprint density at radius 2 is 2.29 bits per heavy atom. The largest absolute Gasteiger partial charge is 0.359 e. The summed E-state index contributed by atoms with van der Waals surface area (Å²) in [6.07, 6.45) is 2.63. The fraction of sp³-hybridized carbons (Fsp3) is 0.353. The molecule has 0 aliphatic carbocycles. The first kappa shape index (κ1) is 15.1. The van der Waals surface area contributed by atoms with Crippen molar-refractivity contribution in [3.05, 3.63) is 46.8 Å². The monoisotopic (exact) mass is 343 g/mol. The van der Waals surface area contributed by atoms with E-state index in [1.807, 2.05) is 30.5 Å². The molecule has 4 heterocycles. The summed E-state index contributed by atoms with van der Waals surface area (Å²) >= 11 is 1.55. The summed E-state index contributed by atoms with van der Waals surface area (Å²) in [5.41, 5.74) is 1.24. The van der Waals surface area contributed by atoms with Gasteiger partial charge in [0.1, 0.15) is 0 Å². The lowest BCUT2D eigenvalue weighted by Crippen LogP contribution is -2.30. The van der Waals surface area contributed by atoms with Crippen LogP contribution in [0.2, 0.25) is 0 Å². The number of rotatable bonds is 4. The van der Waals surface area contributed by atoms with Gasteiger partial charge in [-0.25, -0.2) is 0 Å². The molecule has 1 saturated heterocycles. The van der Waals surface area contributed by atoms with E-state index >= 15 is 0 Å². The van der Waals surface area contributed by atoms with Crippen LogP contribution >= 0.6 is 11.3 Å². The van der Waals surface area contributed by atoms with Crippen LogP contribution in [-0.2, 0) is 6.42 Å². The summed E-state index contributed by atoms with van der Waals surface area (Å²) in [5.74, 6) is 1.25. The highest BCUT2D eigenvalue weighted by Crippen LogP contribution is 2.34. The number of thiophene rings is 1. The van der Waals surface area contributed by atoms with Crippen molar-refractivity contribution in [3.8, 4) is 10.6 Å². The lowest BCUT2D eigenvalue weighted by molar-refractivity contribution is 0.0704. The zero-order valence-corrected chi connectivity index (χ0v) is 14.1. The van der Waals surface area contributed by atoms with Crippen LogP contribution in [0.3, 0.4) is 0 Å². The Morgan fingerprint density at radius 1 is 1.38 bits per heavy atom.